The van der Waals surface area contributed by atoms with Gasteiger partial charge >= 0.3 is 0 Å². The Bertz CT molecular complexity index is 1140. The van der Waals surface area contributed by atoms with Crippen molar-refractivity contribution < 1.29 is 22.7 Å². The lowest BCUT2D eigenvalue weighted by Crippen LogP contribution is -2.51. The van der Waals surface area contributed by atoms with Crippen LogP contribution in [0.3, 0.4) is 0 Å². The van der Waals surface area contributed by atoms with Crippen LogP contribution in [0.2, 0.25) is 10.0 Å². The van der Waals surface area contributed by atoms with Gasteiger partial charge in [-0.25, -0.2) is 8.42 Å². The number of ether oxygens (including phenoxy) is 1. The van der Waals surface area contributed by atoms with Gasteiger partial charge in [0.1, 0.15) is 18.3 Å². The predicted molar refractivity (Wildman–Crippen MR) is 140 cm³/mol. The topological polar surface area (TPSA) is 96.0 Å². The van der Waals surface area contributed by atoms with Crippen molar-refractivity contribution in [3.8, 4) is 5.75 Å². The number of anilines is 1. The van der Waals surface area contributed by atoms with Crippen molar-refractivity contribution in [3.05, 3.63) is 58.1 Å². The molecule has 192 valence electrons. The number of carbonyl (C=O) groups excluding carboxylic acids is 2. The third-order valence-corrected chi connectivity index (χ3v) is 6.97. The number of hydrogen-bond donors (Lipinski definition) is 1. The Morgan fingerprint density at radius 2 is 1.69 bits per heavy atom. The van der Waals surface area contributed by atoms with Gasteiger partial charge in [0, 0.05) is 23.1 Å². The summed E-state index contributed by atoms with van der Waals surface area (Å²) in [6.45, 7) is 5.44. The van der Waals surface area contributed by atoms with Gasteiger partial charge < -0.3 is 15.0 Å². The van der Waals surface area contributed by atoms with Crippen molar-refractivity contribution >= 4 is 50.7 Å². The Kier molecular flexibility index (Phi) is 10.2. The van der Waals surface area contributed by atoms with Crippen LogP contribution in [0.4, 0.5) is 5.69 Å². The summed E-state index contributed by atoms with van der Waals surface area (Å²) in [7, 11) is -2.32. The van der Waals surface area contributed by atoms with Crippen LogP contribution >= 0.6 is 23.2 Å². The molecule has 11 heteroatoms. The number of sulfonamides is 1. The first-order valence-corrected chi connectivity index (χ1v) is 13.6. The predicted octanol–water partition coefficient (Wildman–Crippen LogP) is 3.96. The molecule has 35 heavy (non-hydrogen) atoms. The standard InChI is InChI=1S/C24H31Cl2N3O5S/c1-16(2)13-27-24(31)17(3)28(14-18-6-7-19(25)12-22(18)26)23(30)15-29(35(5,32)33)20-8-10-21(34-4)11-9-20/h6-12,16-17H,13-15H2,1-5H3,(H,27,31). The number of nitrogens with zero attached hydrogens (tertiary/aromatic N) is 2. The molecule has 0 radical (unpaired) electrons. The lowest BCUT2D eigenvalue weighted by molar-refractivity contribution is -0.139. The number of benzene rings is 2. The summed E-state index contributed by atoms with van der Waals surface area (Å²) in [6.07, 6.45) is 1.02. The molecule has 0 saturated heterocycles. The second-order valence-corrected chi connectivity index (χ2v) is 11.3. The molecular formula is C24H31Cl2N3O5S. The van der Waals surface area contributed by atoms with Crippen molar-refractivity contribution in [1.29, 1.82) is 0 Å². The van der Waals surface area contributed by atoms with E-state index in [0.29, 0.717) is 33.6 Å². The molecule has 0 fully saturated rings. The quantitative estimate of drug-likeness (QED) is 0.462. The molecular weight excluding hydrogens is 513 g/mol. The molecule has 0 bridgehead atoms. The van der Waals surface area contributed by atoms with E-state index in [1.807, 2.05) is 13.8 Å². The van der Waals surface area contributed by atoms with Crippen LogP contribution in [0, 0.1) is 5.92 Å². The SMILES string of the molecule is COc1ccc(N(CC(=O)N(Cc2ccc(Cl)cc2Cl)C(C)C(=O)NCC(C)C)S(C)(=O)=O)cc1. The van der Waals surface area contributed by atoms with Crippen LogP contribution in [0.15, 0.2) is 42.5 Å². The van der Waals surface area contributed by atoms with Gasteiger partial charge in [-0.2, -0.15) is 0 Å². The monoisotopic (exact) mass is 543 g/mol. The number of hydrogen-bond acceptors (Lipinski definition) is 5. The van der Waals surface area contributed by atoms with Crippen LogP contribution in [0.1, 0.15) is 26.3 Å². The molecule has 0 aliphatic rings. The molecule has 0 aliphatic carbocycles. The van der Waals surface area contributed by atoms with Crippen molar-refractivity contribution in [3.63, 3.8) is 0 Å². The minimum Gasteiger partial charge on any atom is -0.497 e. The highest BCUT2D eigenvalue weighted by atomic mass is 35.5. The van der Waals surface area contributed by atoms with Crippen LogP contribution in [0.25, 0.3) is 0 Å². The van der Waals surface area contributed by atoms with E-state index in [4.69, 9.17) is 27.9 Å². The van der Waals surface area contributed by atoms with Crippen molar-refractivity contribution in [2.45, 2.75) is 33.4 Å². The Balaban J connectivity index is 2.39. The molecule has 0 aliphatic heterocycles. The first-order valence-electron chi connectivity index (χ1n) is 11.0. The van der Waals surface area contributed by atoms with Crippen molar-refractivity contribution in [2.75, 3.05) is 30.8 Å². The molecule has 0 aromatic heterocycles. The van der Waals surface area contributed by atoms with Gasteiger partial charge in [-0.05, 0) is 54.8 Å². The minimum atomic E-state index is -3.82. The lowest BCUT2D eigenvalue weighted by atomic mass is 10.1. The highest BCUT2D eigenvalue weighted by Gasteiger charge is 2.30. The fraction of sp³-hybridized carbons (Fsp3) is 0.417. The summed E-state index contributed by atoms with van der Waals surface area (Å²) >= 11 is 12.3. The maximum atomic E-state index is 13.5. The summed E-state index contributed by atoms with van der Waals surface area (Å²) in [4.78, 5) is 27.7. The molecule has 8 nitrogen and oxygen atoms in total. The molecule has 2 amide bonds. The van der Waals surface area contributed by atoms with Gasteiger partial charge in [-0.15, -0.1) is 0 Å². The van der Waals surface area contributed by atoms with E-state index in [2.05, 4.69) is 5.32 Å². The molecule has 0 heterocycles. The van der Waals surface area contributed by atoms with Crippen LogP contribution < -0.4 is 14.4 Å². The molecule has 2 aromatic rings. The van der Waals surface area contributed by atoms with Gasteiger partial charge in [-0.1, -0.05) is 43.1 Å². The molecule has 0 spiro atoms. The number of methoxy groups -OCH3 is 1. The van der Waals surface area contributed by atoms with Crippen LogP contribution in [0.5, 0.6) is 5.75 Å². The van der Waals surface area contributed by atoms with Gasteiger partial charge in [-0.3, -0.25) is 13.9 Å². The molecule has 1 atom stereocenters. The first-order chi connectivity index (χ1) is 16.3. The number of carbonyl (C=O) groups is 2. The van der Waals surface area contributed by atoms with E-state index in [0.717, 1.165) is 10.6 Å². The smallest absolute Gasteiger partial charge is 0.244 e. The Morgan fingerprint density at radius 1 is 1.06 bits per heavy atom. The lowest BCUT2D eigenvalue weighted by Gasteiger charge is -2.32. The van der Waals surface area contributed by atoms with Crippen LogP contribution in [-0.2, 0) is 26.2 Å². The van der Waals surface area contributed by atoms with E-state index in [1.165, 1.54) is 12.0 Å². The number of rotatable bonds is 11. The molecule has 1 unspecified atom stereocenters. The van der Waals surface area contributed by atoms with E-state index in [1.54, 1.807) is 49.4 Å². The molecule has 0 saturated carbocycles. The Labute approximate surface area is 217 Å². The normalized spacial score (nSPS) is 12.2. The van der Waals surface area contributed by atoms with E-state index < -0.39 is 28.5 Å². The fourth-order valence-corrected chi connectivity index (χ4v) is 4.55. The van der Waals surface area contributed by atoms with E-state index in [-0.39, 0.29) is 18.4 Å². The third kappa shape index (κ3) is 8.30. The van der Waals surface area contributed by atoms with E-state index >= 15 is 0 Å². The Morgan fingerprint density at radius 3 is 2.20 bits per heavy atom. The second kappa shape index (κ2) is 12.5. The second-order valence-electron chi connectivity index (χ2n) is 8.54. The number of nitrogens with one attached hydrogen (secondary N) is 1. The summed E-state index contributed by atoms with van der Waals surface area (Å²) < 4.78 is 31.3. The maximum absolute atomic E-state index is 13.5. The zero-order valence-electron chi connectivity index (χ0n) is 20.4. The van der Waals surface area contributed by atoms with Crippen LogP contribution in [-0.4, -0.2) is 57.6 Å². The zero-order chi connectivity index (χ0) is 26.3. The minimum absolute atomic E-state index is 0.00862. The first kappa shape index (κ1) is 28.7. The average molecular weight is 545 g/mol. The summed E-state index contributed by atoms with van der Waals surface area (Å²) in [6, 6.07) is 10.3. The maximum Gasteiger partial charge on any atom is 0.244 e. The summed E-state index contributed by atoms with van der Waals surface area (Å²) in [5.41, 5.74) is 0.867. The van der Waals surface area contributed by atoms with Gasteiger partial charge in [0.05, 0.1) is 19.1 Å². The highest BCUT2D eigenvalue weighted by Crippen LogP contribution is 2.25. The van der Waals surface area contributed by atoms with Gasteiger partial charge in [0.25, 0.3) is 0 Å². The molecule has 2 aromatic carbocycles. The summed E-state index contributed by atoms with van der Waals surface area (Å²) in [5.74, 6) is -0.156. The molecule has 1 N–H and O–H groups in total. The van der Waals surface area contributed by atoms with Gasteiger partial charge in [0.2, 0.25) is 21.8 Å². The van der Waals surface area contributed by atoms with Crippen molar-refractivity contribution in [2.24, 2.45) is 5.92 Å². The van der Waals surface area contributed by atoms with E-state index in [9.17, 15) is 18.0 Å². The average Bonchev–Trinajstić information content (AvgIpc) is 2.79. The molecule has 2 rings (SSSR count). The van der Waals surface area contributed by atoms with Crippen molar-refractivity contribution in [1.82, 2.24) is 10.2 Å². The third-order valence-electron chi connectivity index (χ3n) is 5.25. The summed E-state index contributed by atoms with van der Waals surface area (Å²) in [5, 5.41) is 3.59. The number of halogens is 2. The fourth-order valence-electron chi connectivity index (χ4n) is 3.23. The van der Waals surface area contributed by atoms with Gasteiger partial charge in [0.15, 0.2) is 0 Å². The largest absolute Gasteiger partial charge is 0.497 e. The Hall–Kier alpha value is -2.49. The highest BCUT2D eigenvalue weighted by molar-refractivity contribution is 7.92. The zero-order valence-corrected chi connectivity index (χ0v) is 22.7. The number of amides is 2.